The highest BCUT2D eigenvalue weighted by molar-refractivity contribution is 6.03. The van der Waals surface area contributed by atoms with Gasteiger partial charge in [-0.15, -0.1) is 0 Å². The summed E-state index contributed by atoms with van der Waals surface area (Å²) in [5.74, 6) is 0.871. The van der Waals surface area contributed by atoms with E-state index in [9.17, 15) is 0 Å². The van der Waals surface area contributed by atoms with Crippen LogP contribution in [0.1, 0.15) is 45.0 Å². The van der Waals surface area contributed by atoms with Crippen LogP contribution < -0.4 is 10.2 Å². The molecular formula is C65H45N3. The molecule has 1 unspecified atom stereocenters. The molecule has 320 valence electrons. The molecule has 1 spiro atoms. The molecule has 10 aromatic rings. The van der Waals surface area contributed by atoms with Crippen molar-refractivity contribution in [3.8, 4) is 44.5 Å². The SMILES string of the molecule is C1=C(c2cccc(-c3cccc(-c4cccc(-c5ccc6c(c5)C5(c7ccccc7-6)c6ccccc6N(c6ccccc6)c6ccccc65)c4)c3)c2)N=C(c2ccccc2)NC1c1ccccc1. The first-order valence-electron chi connectivity index (χ1n) is 23.5. The van der Waals surface area contributed by atoms with Gasteiger partial charge in [-0.2, -0.15) is 0 Å². The summed E-state index contributed by atoms with van der Waals surface area (Å²) < 4.78 is 0. The Morgan fingerprint density at radius 2 is 0.809 bits per heavy atom. The third-order valence-electron chi connectivity index (χ3n) is 14.1. The highest BCUT2D eigenvalue weighted by Gasteiger charge is 2.51. The van der Waals surface area contributed by atoms with Crippen LogP contribution in [0.15, 0.2) is 266 Å². The minimum atomic E-state index is -0.512. The summed E-state index contributed by atoms with van der Waals surface area (Å²) in [4.78, 5) is 7.64. The van der Waals surface area contributed by atoms with E-state index in [1.54, 1.807) is 0 Å². The number of amidine groups is 1. The van der Waals surface area contributed by atoms with Crippen LogP contribution in [0, 0.1) is 0 Å². The van der Waals surface area contributed by atoms with E-state index in [-0.39, 0.29) is 6.04 Å². The lowest BCUT2D eigenvalue weighted by atomic mass is 9.64. The third-order valence-corrected chi connectivity index (χ3v) is 14.1. The number of aliphatic imine (C=N–C) groups is 1. The van der Waals surface area contributed by atoms with Crippen molar-refractivity contribution >= 4 is 28.6 Å². The molecule has 13 rings (SSSR count). The van der Waals surface area contributed by atoms with E-state index in [2.05, 4.69) is 265 Å². The highest BCUT2D eigenvalue weighted by atomic mass is 15.2. The largest absolute Gasteiger partial charge is 0.359 e. The Morgan fingerprint density at radius 1 is 0.353 bits per heavy atom. The highest BCUT2D eigenvalue weighted by Crippen LogP contribution is 2.63. The van der Waals surface area contributed by atoms with E-state index in [4.69, 9.17) is 4.99 Å². The molecule has 3 heteroatoms. The molecule has 2 heterocycles. The Kier molecular flexibility index (Phi) is 9.47. The number of para-hydroxylation sites is 3. The maximum absolute atomic E-state index is 5.20. The maximum atomic E-state index is 5.20. The first-order chi connectivity index (χ1) is 33.7. The number of nitrogens with one attached hydrogen (secondary N) is 1. The second kappa shape index (κ2) is 16.3. The predicted octanol–water partition coefficient (Wildman–Crippen LogP) is 16.0. The standard InChI is InChI=1S/C65H45N3/c1-4-19-44(20-5-1)60-43-61(67-64(66-60)45-21-6-2-7-22-45)52-28-18-27-50(41-52)48-25-16-23-46(39-48)47-24-17-26-49(40-47)51-37-38-55-54-31-10-11-32-56(54)65(59(55)42-51)57-33-12-14-35-62(57)68(53-29-8-3-9-30-53)63-36-15-13-34-58(63)65/h1-43,60H,(H,66,67). The zero-order valence-corrected chi connectivity index (χ0v) is 37.3. The van der Waals surface area contributed by atoms with Crippen LogP contribution in [0.4, 0.5) is 17.1 Å². The van der Waals surface area contributed by atoms with Crippen molar-refractivity contribution in [1.29, 1.82) is 0 Å². The number of nitrogens with zero attached hydrogens (tertiary/aromatic N) is 2. The Morgan fingerprint density at radius 3 is 1.43 bits per heavy atom. The Bertz CT molecular complexity index is 3560. The van der Waals surface area contributed by atoms with Crippen LogP contribution in [0.3, 0.4) is 0 Å². The van der Waals surface area contributed by atoms with Crippen LogP contribution >= 0.6 is 0 Å². The minimum Gasteiger partial charge on any atom is -0.359 e. The van der Waals surface area contributed by atoms with Gasteiger partial charge in [0, 0.05) is 16.8 Å². The molecule has 3 aliphatic rings. The van der Waals surface area contributed by atoms with Crippen LogP contribution in [-0.4, -0.2) is 5.84 Å². The summed E-state index contributed by atoms with van der Waals surface area (Å²) in [5.41, 5.74) is 22.2. The first kappa shape index (κ1) is 39.6. The molecule has 0 fully saturated rings. The van der Waals surface area contributed by atoms with E-state index in [0.717, 1.165) is 39.5 Å². The van der Waals surface area contributed by atoms with Gasteiger partial charge < -0.3 is 10.2 Å². The fourth-order valence-corrected chi connectivity index (χ4v) is 11.0. The molecule has 0 bridgehead atoms. The molecule has 10 aromatic carbocycles. The topological polar surface area (TPSA) is 27.6 Å². The number of rotatable bonds is 7. The second-order valence-electron chi connectivity index (χ2n) is 17.9. The minimum absolute atomic E-state index is 0.0102. The molecule has 68 heavy (non-hydrogen) atoms. The van der Waals surface area contributed by atoms with Crippen molar-refractivity contribution in [2.24, 2.45) is 4.99 Å². The maximum Gasteiger partial charge on any atom is 0.134 e. The van der Waals surface area contributed by atoms with Crippen LogP contribution in [0.5, 0.6) is 0 Å². The molecule has 1 atom stereocenters. The van der Waals surface area contributed by atoms with Crippen molar-refractivity contribution in [1.82, 2.24) is 5.32 Å². The zero-order chi connectivity index (χ0) is 45.0. The number of benzene rings is 10. The lowest BCUT2D eigenvalue weighted by Gasteiger charge is -2.45. The smallest absolute Gasteiger partial charge is 0.134 e. The van der Waals surface area contributed by atoms with Gasteiger partial charge in [0.05, 0.1) is 28.5 Å². The monoisotopic (exact) mass is 867 g/mol. The number of fused-ring (bicyclic) bond motifs is 9. The fraction of sp³-hybridized carbons (Fsp3) is 0.0308. The van der Waals surface area contributed by atoms with E-state index in [1.807, 2.05) is 6.07 Å². The Labute approximate surface area is 397 Å². The summed E-state index contributed by atoms with van der Waals surface area (Å²) in [6.45, 7) is 0. The molecule has 0 amide bonds. The van der Waals surface area contributed by atoms with E-state index >= 15 is 0 Å². The average molecular weight is 868 g/mol. The fourth-order valence-electron chi connectivity index (χ4n) is 11.0. The van der Waals surface area contributed by atoms with Gasteiger partial charge in [-0.3, -0.25) is 0 Å². The molecular weight excluding hydrogens is 823 g/mol. The molecule has 0 aromatic heterocycles. The first-order valence-corrected chi connectivity index (χ1v) is 23.5. The molecule has 1 aliphatic carbocycles. The molecule has 0 saturated heterocycles. The number of hydrogen-bond acceptors (Lipinski definition) is 3. The van der Waals surface area contributed by atoms with E-state index in [1.165, 1.54) is 72.6 Å². The van der Waals surface area contributed by atoms with Gasteiger partial charge in [-0.1, -0.05) is 206 Å². The molecule has 1 N–H and O–H groups in total. The summed E-state index contributed by atoms with van der Waals surface area (Å²) in [6.07, 6.45) is 2.24. The van der Waals surface area contributed by atoms with Crippen LogP contribution in [-0.2, 0) is 5.41 Å². The summed E-state index contributed by atoms with van der Waals surface area (Å²) in [7, 11) is 0. The van der Waals surface area contributed by atoms with Gasteiger partial charge in [0.15, 0.2) is 0 Å². The molecule has 2 aliphatic heterocycles. The van der Waals surface area contributed by atoms with Crippen molar-refractivity contribution in [2.75, 3.05) is 4.90 Å². The van der Waals surface area contributed by atoms with Crippen molar-refractivity contribution in [3.05, 3.63) is 300 Å². The van der Waals surface area contributed by atoms with Gasteiger partial charge >= 0.3 is 0 Å². The van der Waals surface area contributed by atoms with Gasteiger partial charge in [-0.05, 0) is 127 Å². The van der Waals surface area contributed by atoms with Gasteiger partial charge in [0.2, 0.25) is 0 Å². The number of hydrogen-bond donors (Lipinski definition) is 1. The van der Waals surface area contributed by atoms with Crippen molar-refractivity contribution < 1.29 is 0 Å². The second-order valence-corrected chi connectivity index (χ2v) is 17.9. The molecule has 0 saturated carbocycles. The molecule has 0 radical (unpaired) electrons. The summed E-state index contributed by atoms with van der Waals surface area (Å²) >= 11 is 0. The lowest BCUT2D eigenvalue weighted by Crippen LogP contribution is -2.36. The third kappa shape index (κ3) is 6.47. The lowest BCUT2D eigenvalue weighted by molar-refractivity contribution is 0.753. The quantitative estimate of drug-likeness (QED) is 0.173. The van der Waals surface area contributed by atoms with Crippen LogP contribution in [0.25, 0.3) is 50.2 Å². The van der Waals surface area contributed by atoms with Crippen molar-refractivity contribution in [3.63, 3.8) is 0 Å². The van der Waals surface area contributed by atoms with Gasteiger partial charge in [0.25, 0.3) is 0 Å². The van der Waals surface area contributed by atoms with E-state index < -0.39 is 5.41 Å². The van der Waals surface area contributed by atoms with Gasteiger partial charge in [0.1, 0.15) is 5.84 Å². The predicted molar refractivity (Wildman–Crippen MR) is 282 cm³/mol. The van der Waals surface area contributed by atoms with Crippen LogP contribution in [0.2, 0.25) is 0 Å². The number of anilines is 3. The normalized spacial score (nSPS) is 15.0. The average Bonchev–Trinajstić information content (AvgIpc) is 3.71. The summed E-state index contributed by atoms with van der Waals surface area (Å²) in [6, 6.07) is 92.8. The van der Waals surface area contributed by atoms with E-state index in [0.29, 0.717) is 0 Å². The van der Waals surface area contributed by atoms with Gasteiger partial charge in [-0.25, -0.2) is 4.99 Å². The van der Waals surface area contributed by atoms with Crippen molar-refractivity contribution in [2.45, 2.75) is 11.5 Å². The summed E-state index contributed by atoms with van der Waals surface area (Å²) in [5, 5.41) is 3.69. The molecule has 3 nitrogen and oxygen atoms in total. The Hall–Kier alpha value is -8.79. The zero-order valence-electron chi connectivity index (χ0n) is 37.3. The Balaban J connectivity index is 0.884.